The lowest BCUT2D eigenvalue weighted by Gasteiger charge is -2.30. The van der Waals surface area contributed by atoms with Crippen molar-refractivity contribution in [3.8, 4) is 0 Å². The fourth-order valence-corrected chi connectivity index (χ4v) is 5.65. The van der Waals surface area contributed by atoms with E-state index in [0.717, 1.165) is 30.7 Å². The van der Waals surface area contributed by atoms with Gasteiger partial charge in [-0.05, 0) is 48.7 Å². The van der Waals surface area contributed by atoms with Gasteiger partial charge >= 0.3 is 12.1 Å². The number of rotatable bonds is 8. The van der Waals surface area contributed by atoms with Crippen molar-refractivity contribution < 1.29 is 41.0 Å². The first-order chi connectivity index (χ1) is 20.9. The van der Waals surface area contributed by atoms with Crippen LogP contribution in [0, 0.1) is 17.5 Å². The van der Waals surface area contributed by atoms with Gasteiger partial charge in [-0.3, -0.25) is 4.90 Å². The minimum Gasteiger partial charge on any atom is -0.478 e. The second kappa shape index (κ2) is 11.6. The average Bonchev–Trinajstić information content (AvgIpc) is 3.26. The Bertz CT molecular complexity index is 1750. The van der Waals surface area contributed by atoms with E-state index in [1.54, 1.807) is 4.57 Å². The zero-order chi connectivity index (χ0) is 31.3. The average molecular weight is 640 g/mol. The van der Waals surface area contributed by atoms with Crippen molar-refractivity contribution in [3.05, 3.63) is 86.6 Å². The van der Waals surface area contributed by atoms with Crippen molar-refractivity contribution in [1.82, 2.24) is 19.4 Å². The molecule has 0 aliphatic carbocycles. The number of carboxylic acids is 1. The molecule has 0 radical (unpaired) electrons. The summed E-state index contributed by atoms with van der Waals surface area (Å²) in [6.45, 7) is 0.802. The second-order valence-corrected chi connectivity index (χ2v) is 11.1. The number of hydrogen-bond acceptors (Lipinski definition) is 6. The maximum Gasteiger partial charge on any atom is 0.419 e. The topological polar surface area (TPSA) is 92.5 Å². The van der Waals surface area contributed by atoms with E-state index in [0.29, 0.717) is 30.2 Å². The highest BCUT2D eigenvalue weighted by molar-refractivity contribution is 6.30. The normalized spacial score (nSPS) is 17.0. The number of nitrogens with zero attached hydrogens (tertiary/aromatic N) is 4. The van der Waals surface area contributed by atoms with Gasteiger partial charge in [0.15, 0.2) is 5.82 Å². The van der Waals surface area contributed by atoms with E-state index in [2.05, 4.69) is 15.3 Å². The van der Waals surface area contributed by atoms with E-state index in [1.807, 2.05) is 4.90 Å². The Balaban J connectivity index is 1.30. The van der Waals surface area contributed by atoms with Crippen molar-refractivity contribution in [2.24, 2.45) is 0 Å². The molecule has 0 saturated carbocycles. The number of aromatic nitrogens is 3. The highest BCUT2D eigenvalue weighted by atomic mass is 35.5. The molecule has 0 unspecified atom stereocenters. The van der Waals surface area contributed by atoms with Gasteiger partial charge in [0.25, 0.3) is 0 Å². The van der Waals surface area contributed by atoms with Crippen LogP contribution in [0.2, 0.25) is 5.02 Å². The maximum atomic E-state index is 15.3. The first-order valence-corrected chi connectivity index (χ1v) is 14.0. The van der Waals surface area contributed by atoms with Crippen molar-refractivity contribution in [1.29, 1.82) is 0 Å². The molecule has 1 saturated heterocycles. The first kappa shape index (κ1) is 30.2. The van der Waals surface area contributed by atoms with E-state index in [9.17, 15) is 31.9 Å². The van der Waals surface area contributed by atoms with Crippen molar-refractivity contribution in [2.45, 2.75) is 51.3 Å². The summed E-state index contributed by atoms with van der Waals surface area (Å²) >= 11 is 5.65. The summed E-state index contributed by atoms with van der Waals surface area (Å²) in [6, 6.07) is 5.30. The highest BCUT2D eigenvalue weighted by Gasteiger charge is 2.36. The van der Waals surface area contributed by atoms with E-state index in [1.165, 1.54) is 6.07 Å². The number of hydrogen-bond donors (Lipinski definition) is 2. The third-order valence-corrected chi connectivity index (χ3v) is 8.02. The van der Waals surface area contributed by atoms with Crippen LogP contribution in [0.1, 0.15) is 45.0 Å². The van der Waals surface area contributed by atoms with Crippen LogP contribution >= 0.6 is 11.6 Å². The predicted octanol–water partition coefficient (Wildman–Crippen LogP) is 6.18. The predicted molar refractivity (Wildman–Crippen MR) is 147 cm³/mol. The van der Waals surface area contributed by atoms with E-state index >= 15 is 4.39 Å². The first-order valence-electron chi connectivity index (χ1n) is 13.6. The number of halogens is 7. The van der Waals surface area contributed by atoms with Gasteiger partial charge in [-0.25, -0.2) is 27.9 Å². The Kier molecular flexibility index (Phi) is 7.92. The lowest BCUT2D eigenvalue weighted by molar-refractivity contribution is -0.137. The molecule has 8 nitrogen and oxygen atoms in total. The van der Waals surface area contributed by atoms with Gasteiger partial charge in [0.1, 0.15) is 28.8 Å². The van der Waals surface area contributed by atoms with Crippen LogP contribution in [0.25, 0.3) is 11.0 Å². The van der Waals surface area contributed by atoms with Crippen LogP contribution in [0.4, 0.5) is 32.2 Å². The molecule has 15 heteroatoms. The summed E-state index contributed by atoms with van der Waals surface area (Å²) < 4.78 is 93.0. The third kappa shape index (κ3) is 5.81. The molecule has 2 aliphatic rings. The van der Waals surface area contributed by atoms with Crippen LogP contribution in [-0.2, 0) is 43.5 Å². The van der Waals surface area contributed by atoms with Crippen molar-refractivity contribution in [2.75, 3.05) is 18.5 Å². The fraction of sp³-hybridized carbons (Fsp3) is 0.345. The quantitative estimate of drug-likeness (QED) is 0.223. The van der Waals surface area contributed by atoms with Crippen LogP contribution in [-0.4, -0.2) is 49.8 Å². The molecule has 2 N–H and O–H groups in total. The zero-order valence-electron chi connectivity index (χ0n) is 22.8. The smallest absolute Gasteiger partial charge is 0.419 e. The van der Waals surface area contributed by atoms with Gasteiger partial charge in [0.05, 0.1) is 41.5 Å². The van der Waals surface area contributed by atoms with Crippen LogP contribution in [0.15, 0.2) is 30.3 Å². The van der Waals surface area contributed by atoms with Gasteiger partial charge in [-0.15, -0.1) is 0 Å². The summed E-state index contributed by atoms with van der Waals surface area (Å²) in [7, 11) is 0. The molecule has 0 spiro atoms. The summed E-state index contributed by atoms with van der Waals surface area (Å²) in [4.78, 5) is 22.2. The minimum absolute atomic E-state index is 0.0360. The largest absolute Gasteiger partial charge is 0.478 e. The number of benzene rings is 2. The zero-order valence-corrected chi connectivity index (χ0v) is 23.6. The number of pyridine rings is 1. The number of alkyl halides is 3. The maximum absolute atomic E-state index is 15.3. The van der Waals surface area contributed by atoms with Gasteiger partial charge in [0, 0.05) is 36.8 Å². The Labute approximate surface area is 251 Å². The van der Waals surface area contributed by atoms with E-state index in [-0.39, 0.29) is 48.2 Å². The van der Waals surface area contributed by atoms with Gasteiger partial charge in [-0.2, -0.15) is 13.2 Å². The van der Waals surface area contributed by atoms with E-state index in [4.69, 9.17) is 16.3 Å². The third-order valence-electron chi connectivity index (χ3n) is 7.81. The molecule has 232 valence electrons. The SMILES string of the molecule is O=C(O)c1ccc2nc(CN3CCc4cc(C(F)(F)F)c(NCc5c(F)cc(Cl)cc5F)nc4C3)n(C[C@@H]3CCO3)c2c1F. The van der Waals surface area contributed by atoms with E-state index < -0.39 is 58.7 Å². The van der Waals surface area contributed by atoms with Gasteiger partial charge in [-0.1, -0.05) is 11.6 Å². The molecule has 1 fully saturated rings. The summed E-state index contributed by atoms with van der Waals surface area (Å²) in [6.07, 6.45) is -4.03. The standard InChI is InChI=1S/C29H24ClF6N5O3/c30-15-8-20(31)18(21(32)9-15)10-37-27-19(29(34,35)36)7-14-3-5-40(12-23(14)39-27)13-24-38-22-2-1-17(28(42)43)25(33)26(22)41(24)11-16-4-6-44-16/h1-2,7-9,16H,3-6,10-13H2,(H,37,39)(H,42,43)/t16-/m0/s1. The molecular weight excluding hydrogens is 616 g/mol. The Morgan fingerprint density at radius 2 is 1.86 bits per heavy atom. The molecule has 2 aliphatic heterocycles. The molecule has 4 heterocycles. The lowest BCUT2D eigenvalue weighted by Crippen LogP contribution is -2.35. The summed E-state index contributed by atoms with van der Waals surface area (Å²) in [5.74, 6) is -4.50. The number of nitrogens with one attached hydrogen (secondary N) is 1. The molecule has 0 bridgehead atoms. The number of carbonyl (C=O) groups is 1. The van der Waals surface area contributed by atoms with Gasteiger partial charge < -0.3 is 19.7 Å². The van der Waals surface area contributed by atoms with Gasteiger partial charge in [0.2, 0.25) is 0 Å². The van der Waals surface area contributed by atoms with Crippen molar-refractivity contribution >= 4 is 34.4 Å². The molecule has 0 amide bonds. The van der Waals surface area contributed by atoms with Crippen LogP contribution in [0.3, 0.4) is 0 Å². The molecule has 6 rings (SSSR count). The molecule has 4 aromatic rings. The van der Waals surface area contributed by atoms with Crippen LogP contribution < -0.4 is 5.32 Å². The number of imidazole rings is 1. The Morgan fingerprint density at radius 1 is 1.14 bits per heavy atom. The number of aromatic carboxylic acids is 1. The molecular formula is C29H24ClF6N5O3. The fourth-order valence-electron chi connectivity index (χ4n) is 5.46. The number of ether oxygens (including phenoxy) is 1. The molecule has 1 atom stereocenters. The minimum atomic E-state index is -4.79. The molecule has 44 heavy (non-hydrogen) atoms. The molecule has 2 aromatic carbocycles. The summed E-state index contributed by atoms with van der Waals surface area (Å²) in [5, 5.41) is 11.7. The Morgan fingerprint density at radius 3 is 2.50 bits per heavy atom. The number of anilines is 1. The monoisotopic (exact) mass is 639 g/mol. The van der Waals surface area contributed by atoms with Crippen LogP contribution in [0.5, 0.6) is 0 Å². The number of fused-ring (bicyclic) bond motifs is 2. The number of carboxylic acid groups (broad SMARTS) is 1. The lowest BCUT2D eigenvalue weighted by atomic mass is 10.0. The second-order valence-electron chi connectivity index (χ2n) is 10.7. The highest BCUT2D eigenvalue weighted by Crippen LogP contribution is 2.37. The summed E-state index contributed by atoms with van der Waals surface area (Å²) in [5.41, 5.74) is -1.05. The Hall–Kier alpha value is -3.88. The van der Waals surface area contributed by atoms with Crippen molar-refractivity contribution in [3.63, 3.8) is 0 Å². The molecule has 2 aromatic heterocycles.